The van der Waals surface area contributed by atoms with Gasteiger partial charge in [-0.3, -0.25) is 14.4 Å². The lowest BCUT2D eigenvalue weighted by molar-refractivity contribution is -0.143. The normalized spacial score (nSPS) is 13.9. The fourth-order valence-corrected chi connectivity index (χ4v) is 2.76. The number of phenolic OH excluding ortho intramolecular Hbond substituents is 1. The highest BCUT2D eigenvalue weighted by atomic mass is 16.4. The number of benzene rings is 1. The predicted octanol–water partition coefficient (Wildman–Crippen LogP) is 0.227. The summed E-state index contributed by atoms with van der Waals surface area (Å²) in [7, 11) is 0. The van der Waals surface area contributed by atoms with Crippen LogP contribution in [0, 0.1) is 5.92 Å². The Balaban J connectivity index is 2.79. The van der Waals surface area contributed by atoms with Gasteiger partial charge in [0.1, 0.15) is 17.8 Å². The average molecular weight is 423 g/mol. The van der Waals surface area contributed by atoms with Crippen LogP contribution in [0.15, 0.2) is 24.3 Å². The zero-order valence-corrected chi connectivity index (χ0v) is 17.0. The zero-order chi connectivity index (χ0) is 22.8. The second-order valence-electron chi connectivity index (χ2n) is 7.50. The number of nitrogens with one attached hydrogen (secondary N) is 2. The summed E-state index contributed by atoms with van der Waals surface area (Å²) in [6.45, 7) is 3.67. The molecular weight excluding hydrogens is 394 g/mol. The molecule has 0 aliphatic rings. The van der Waals surface area contributed by atoms with Crippen LogP contribution in [0.25, 0.3) is 0 Å². The fourth-order valence-electron chi connectivity index (χ4n) is 2.76. The summed E-state index contributed by atoms with van der Waals surface area (Å²) in [5.74, 6) is -3.74. The molecule has 0 aliphatic heterocycles. The lowest BCUT2D eigenvalue weighted by Gasteiger charge is -2.24. The Morgan fingerprint density at radius 3 is 2.03 bits per heavy atom. The van der Waals surface area contributed by atoms with Crippen molar-refractivity contribution in [3.63, 3.8) is 0 Å². The van der Waals surface area contributed by atoms with Crippen LogP contribution in [0.4, 0.5) is 0 Å². The molecule has 10 heteroatoms. The van der Waals surface area contributed by atoms with E-state index in [-0.39, 0.29) is 30.9 Å². The molecule has 0 bridgehead atoms. The lowest BCUT2D eigenvalue weighted by atomic mass is 10.0. The summed E-state index contributed by atoms with van der Waals surface area (Å²) in [6, 6.07) is 2.83. The minimum absolute atomic E-state index is 0.0108. The molecule has 10 nitrogen and oxygen atoms in total. The molecule has 166 valence electrons. The fraction of sp³-hybridized carbons (Fsp3) is 0.500. The van der Waals surface area contributed by atoms with Crippen LogP contribution in [-0.4, -0.2) is 57.2 Å². The molecule has 30 heavy (non-hydrogen) atoms. The van der Waals surface area contributed by atoms with E-state index >= 15 is 0 Å². The molecule has 3 unspecified atom stereocenters. The van der Waals surface area contributed by atoms with E-state index in [1.54, 1.807) is 12.1 Å². The number of carbonyl (C=O) groups is 4. The number of nitrogens with two attached hydrogens (primary N) is 1. The first kappa shape index (κ1) is 24.9. The number of amides is 2. The van der Waals surface area contributed by atoms with Crippen LogP contribution in [0.5, 0.6) is 5.75 Å². The molecule has 0 fully saturated rings. The zero-order valence-electron chi connectivity index (χ0n) is 17.0. The van der Waals surface area contributed by atoms with Crippen molar-refractivity contribution in [2.24, 2.45) is 11.7 Å². The highest BCUT2D eigenvalue weighted by Gasteiger charge is 2.28. The molecule has 0 aromatic heterocycles. The van der Waals surface area contributed by atoms with E-state index < -0.39 is 48.3 Å². The molecule has 1 rings (SSSR count). The summed E-state index contributed by atoms with van der Waals surface area (Å²) >= 11 is 0. The molecule has 0 radical (unpaired) electrons. The molecule has 0 heterocycles. The van der Waals surface area contributed by atoms with Gasteiger partial charge in [-0.15, -0.1) is 0 Å². The van der Waals surface area contributed by atoms with Crippen molar-refractivity contribution in [3.05, 3.63) is 29.8 Å². The van der Waals surface area contributed by atoms with Gasteiger partial charge in [0, 0.05) is 6.42 Å². The largest absolute Gasteiger partial charge is 0.508 e. The quantitative estimate of drug-likeness (QED) is 0.276. The summed E-state index contributed by atoms with van der Waals surface area (Å²) in [5.41, 5.74) is 6.65. The van der Waals surface area contributed by atoms with E-state index in [9.17, 15) is 29.4 Å². The number of rotatable bonds is 12. The van der Waals surface area contributed by atoms with E-state index in [0.717, 1.165) is 5.56 Å². The van der Waals surface area contributed by atoms with Crippen LogP contribution >= 0.6 is 0 Å². The van der Waals surface area contributed by atoms with Gasteiger partial charge >= 0.3 is 11.9 Å². The van der Waals surface area contributed by atoms with Crippen LogP contribution in [0.3, 0.4) is 0 Å². The Morgan fingerprint density at radius 1 is 0.967 bits per heavy atom. The van der Waals surface area contributed by atoms with Gasteiger partial charge < -0.3 is 31.7 Å². The van der Waals surface area contributed by atoms with Crippen molar-refractivity contribution in [3.8, 4) is 5.75 Å². The number of carboxylic acid groups (broad SMARTS) is 2. The minimum Gasteiger partial charge on any atom is -0.508 e. The van der Waals surface area contributed by atoms with E-state index in [1.165, 1.54) is 12.1 Å². The van der Waals surface area contributed by atoms with Crippen LogP contribution < -0.4 is 16.4 Å². The Morgan fingerprint density at radius 2 is 1.53 bits per heavy atom. The first-order chi connectivity index (χ1) is 14.0. The SMILES string of the molecule is CC(C)CC(NC(=O)C(N)Cc1ccc(O)cc1)C(=O)NC(CCC(=O)O)C(=O)O. The molecule has 1 aromatic carbocycles. The monoisotopic (exact) mass is 423 g/mol. The highest BCUT2D eigenvalue weighted by Crippen LogP contribution is 2.12. The van der Waals surface area contributed by atoms with Gasteiger partial charge in [0.25, 0.3) is 0 Å². The van der Waals surface area contributed by atoms with E-state index in [2.05, 4.69) is 10.6 Å². The maximum absolute atomic E-state index is 12.6. The molecule has 1 aromatic rings. The molecule has 0 saturated heterocycles. The second kappa shape index (κ2) is 11.8. The Hall–Kier alpha value is -3.14. The molecule has 0 saturated carbocycles. The van der Waals surface area contributed by atoms with Gasteiger partial charge in [-0.05, 0) is 42.9 Å². The number of hydrogen-bond donors (Lipinski definition) is 6. The van der Waals surface area contributed by atoms with Crippen molar-refractivity contribution in [1.29, 1.82) is 0 Å². The predicted molar refractivity (Wildman–Crippen MR) is 108 cm³/mol. The summed E-state index contributed by atoms with van der Waals surface area (Å²) in [4.78, 5) is 47.1. The first-order valence-corrected chi connectivity index (χ1v) is 9.58. The minimum atomic E-state index is -1.38. The van der Waals surface area contributed by atoms with Gasteiger partial charge in [-0.2, -0.15) is 0 Å². The summed E-state index contributed by atoms with van der Waals surface area (Å²) in [5, 5.41) is 32.1. The van der Waals surface area contributed by atoms with Gasteiger partial charge in [0.15, 0.2) is 0 Å². The van der Waals surface area contributed by atoms with Crippen LogP contribution in [-0.2, 0) is 25.6 Å². The third-order valence-electron chi connectivity index (χ3n) is 4.33. The van der Waals surface area contributed by atoms with Crippen molar-refractivity contribution in [2.45, 2.75) is 57.7 Å². The average Bonchev–Trinajstić information content (AvgIpc) is 2.65. The first-order valence-electron chi connectivity index (χ1n) is 9.58. The van der Waals surface area contributed by atoms with Gasteiger partial charge in [-0.25, -0.2) is 4.79 Å². The summed E-state index contributed by atoms with van der Waals surface area (Å²) < 4.78 is 0. The Bertz CT molecular complexity index is 749. The number of carbonyl (C=O) groups excluding carboxylic acids is 2. The molecular formula is C20H29N3O7. The third-order valence-corrected chi connectivity index (χ3v) is 4.33. The van der Waals surface area contributed by atoms with Crippen LogP contribution in [0.1, 0.15) is 38.7 Å². The number of aliphatic carboxylic acids is 2. The van der Waals surface area contributed by atoms with Crippen molar-refractivity contribution < 1.29 is 34.5 Å². The van der Waals surface area contributed by atoms with Gasteiger partial charge in [-0.1, -0.05) is 26.0 Å². The van der Waals surface area contributed by atoms with Gasteiger partial charge in [0.2, 0.25) is 11.8 Å². The van der Waals surface area contributed by atoms with E-state index in [0.29, 0.717) is 0 Å². The number of aromatic hydroxyl groups is 1. The highest BCUT2D eigenvalue weighted by molar-refractivity contribution is 5.92. The summed E-state index contributed by atoms with van der Waals surface area (Å²) in [6.07, 6.45) is -0.275. The molecule has 0 aliphatic carbocycles. The number of carboxylic acids is 2. The molecule has 2 amide bonds. The Kier molecular flexibility index (Phi) is 9.76. The van der Waals surface area contributed by atoms with Gasteiger partial charge in [0.05, 0.1) is 6.04 Å². The standard InChI is InChI=1S/C20H29N3O7/c1-11(2)9-16(19(28)22-15(20(29)30)7-8-17(25)26)23-18(27)14(21)10-12-3-5-13(24)6-4-12/h3-6,11,14-16,24H,7-10,21H2,1-2H3,(H,22,28)(H,23,27)(H,25,26)(H,29,30). The van der Waals surface area contributed by atoms with Crippen molar-refractivity contribution >= 4 is 23.8 Å². The van der Waals surface area contributed by atoms with Crippen molar-refractivity contribution in [1.82, 2.24) is 10.6 Å². The van der Waals surface area contributed by atoms with Crippen LogP contribution in [0.2, 0.25) is 0 Å². The number of phenols is 1. The maximum atomic E-state index is 12.6. The molecule has 0 spiro atoms. The topological polar surface area (TPSA) is 179 Å². The van der Waals surface area contributed by atoms with E-state index in [4.69, 9.17) is 10.8 Å². The molecule has 3 atom stereocenters. The van der Waals surface area contributed by atoms with Crippen molar-refractivity contribution in [2.75, 3.05) is 0 Å². The smallest absolute Gasteiger partial charge is 0.326 e. The third kappa shape index (κ3) is 8.91. The van der Waals surface area contributed by atoms with E-state index in [1.807, 2.05) is 13.8 Å². The second-order valence-corrected chi connectivity index (χ2v) is 7.50. The number of hydrogen-bond acceptors (Lipinski definition) is 6. The molecule has 7 N–H and O–H groups in total. The Labute approximate surface area is 174 Å². The maximum Gasteiger partial charge on any atom is 0.326 e. The lowest BCUT2D eigenvalue weighted by Crippen LogP contribution is -2.55.